The van der Waals surface area contributed by atoms with E-state index in [1.165, 1.54) is 18.2 Å². The lowest BCUT2D eigenvalue weighted by Gasteiger charge is -2.45. The molecule has 0 radical (unpaired) electrons. The number of para-hydroxylation sites is 1. The van der Waals surface area contributed by atoms with E-state index in [2.05, 4.69) is 46.1 Å². The van der Waals surface area contributed by atoms with Gasteiger partial charge >= 0.3 is 0 Å². The molecular formula is C29H29FN6O2. The Morgan fingerprint density at radius 3 is 2.66 bits per heavy atom. The molecular weight excluding hydrogens is 483 g/mol. The maximum Gasteiger partial charge on any atom is 0.247 e. The summed E-state index contributed by atoms with van der Waals surface area (Å²) in [6.07, 6.45) is 2.95. The maximum absolute atomic E-state index is 13.9. The molecule has 1 fully saturated rings. The molecule has 5 rings (SSSR count). The topological polar surface area (TPSA) is 82.6 Å². The summed E-state index contributed by atoms with van der Waals surface area (Å²) >= 11 is 0. The molecule has 2 heterocycles. The van der Waals surface area contributed by atoms with Crippen molar-refractivity contribution in [2.75, 3.05) is 49.8 Å². The minimum Gasteiger partial charge on any atom is -0.494 e. The number of fused-ring (bicyclic) bond motifs is 1. The molecule has 2 N–H and O–H groups in total. The molecule has 0 spiro atoms. The summed E-state index contributed by atoms with van der Waals surface area (Å²) in [7, 11) is 5.70. The van der Waals surface area contributed by atoms with E-state index in [4.69, 9.17) is 9.72 Å². The van der Waals surface area contributed by atoms with Crippen LogP contribution < -0.4 is 20.3 Å². The molecule has 0 atom stereocenters. The van der Waals surface area contributed by atoms with Crippen molar-refractivity contribution in [3.05, 3.63) is 79.3 Å². The van der Waals surface area contributed by atoms with Crippen molar-refractivity contribution in [3.63, 3.8) is 0 Å². The number of benzene rings is 3. The van der Waals surface area contributed by atoms with Gasteiger partial charge < -0.3 is 25.2 Å². The van der Waals surface area contributed by atoms with Crippen LogP contribution in [0.3, 0.4) is 0 Å². The molecule has 1 amide bonds. The molecule has 38 heavy (non-hydrogen) atoms. The van der Waals surface area contributed by atoms with Crippen molar-refractivity contribution in [3.8, 4) is 16.9 Å². The second-order valence-electron chi connectivity index (χ2n) is 9.36. The number of methoxy groups -OCH3 is 1. The second-order valence-corrected chi connectivity index (χ2v) is 9.36. The van der Waals surface area contributed by atoms with E-state index in [0.717, 1.165) is 35.3 Å². The van der Waals surface area contributed by atoms with E-state index in [1.807, 2.05) is 36.4 Å². The van der Waals surface area contributed by atoms with Gasteiger partial charge in [-0.25, -0.2) is 14.4 Å². The Hall–Kier alpha value is -4.50. The van der Waals surface area contributed by atoms with E-state index in [1.54, 1.807) is 19.4 Å². The molecule has 8 nitrogen and oxygen atoms in total. The van der Waals surface area contributed by atoms with E-state index in [-0.39, 0.29) is 11.7 Å². The Bertz CT molecular complexity index is 1520. The minimum atomic E-state index is -0.315. The van der Waals surface area contributed by atoms with Gasteiger partial charge in [-0.2, -0.15) is 0 Å². The van der Waals surface area contributed by atoms with Crippen LogP contribution in [0.4, 0.5) is 27.4 Å². The van der Waals surface area contributed by atoms with Crippen LogP contribution >= 0.6 is 0 Å². The molecule has 194 valence electrons. The minimum absolute atomic E-state index is 0.311. The lowest BCUT2D eigenvalue weighted by molar-refractivity contribution is -0.111. The molecule has 1 aromatic heterocycles. The summed E-state index contributed by atoms with van der Waals surface area (Å²) in [5.41, 5.74) is 4.26. The number of amides is 1. The molecule has 1 aliphatic heterocycles. The summed E-state index contributed by atoms with van der Waals surface area (Å²) < 4.78 is 19.6. The van der Waals surface area contributed by atoms with Gasteiger partial charge in [0.1, 0.15) is 11.6 Å². The van der Waals surface area contributed by atoms with Crippen LogP contribution in [0.1, 0.15) is 0 Å². The van der Waals surface area contributed by atoms with Gasteiger partial charge in [0.05, 0.1) is 29.7 Å². The quantitative estimate of drug-likeness (QED) is 0.319. The number of hydrogen-bond acceptors (Lipinski definition) is 7. The number of carbonyl (C=O) groups is 1. The van der Waals surface area contributed by atoms with Crippen LogP contribution in [0.25, 0.3) is 22.0 Å². The van der Waals surface area contributed by atoms with Crippen molar-refractivity contribution in [1.29, 1.82) is 0 Å². The average molecular weight is 513 g/mol. The van der Waals surface area contributed by atoms with Gasteiger partial charge in [0.2, 0.25) is 11.9 Å². The second kappa shape index (κ2) is 10.5. The number of hydrogen-bond donors (Lipinski definition) is 2. The van der Waals surface area contributed by atoms with Crippen molar-refractivity contribution < 1.29 is 13.9 Å². The smallest absolute Gasteiger partial charge is 0.247 e. The molecule has 1 saturated heterocycles. The molecule has 0 saturated carbocycles. The van der Waals surface area contributed by atoms with Gasteiger partial charge in [-0.15, -0.1) is 0 Å². The van der Waals surface area contributed by atoms with Crippen LogP contribution in [-0.4, -0.2) is 61.1 Å². The first-order valence-corrected chi connectivity index (χ1v) is 12.2. The van der Waals surface area contributed by atoms with Gasteiger partial charge in [-0.3, -0.25) is 4.79 Å². The average Bonchev–Trinajstić information content (AvgIpc) is 2.88. The molecule has 1 aliphatic rings. The molecule has 9 heteroatoms. The highest BCUT2D eigenvalue weighted by Crippen LogP contribution is 2.40. The third-order valence-corrected chi connectivity index (χ3v) is 6.69. The molecule has 3 aromatic carbocycles. The van der Waals surface area contributed by atoms with Crippen molar-refractivity contribution in [2.24, 2.45) is 0 Å². The number of likely N-dealkylation sites (N-methyl/N-ethyl adjacent to an activating group) is 1. The zero-order valence-corrected chi connectivity index (χ0v) is 21.5. The number of halogens is 1. The summed E-state index contributed by atoms with van der Waals surface area (Å²) in [5.74, 6) is 0.288. The van der Waals surface area contributed by atoms with Gasteiger partial charge in [-0.05, 0) is 43.9 Å². The molecule has 0 unspecified atom stereocenters. The number of nitrogens with zero attached hydrogens (tertiary/aromatic N) is 4. The van der Waals surface area contributed by atoms with E-state index in [9.17, 15) is 9.18 Å². The Balaban J connectivity index is 1.52. The molecule has 4 aromatic rings. The van der Waals surface area contributed by atoms with Crippen LogP contribution in [0.15, 0.2) is 73.4 Å². The number of carbonyl (C=O) groups excluding carboxylic acids is 1. The number of aromatic nitrogens is 2. The fraction of sp³-hybridized carbons (Fsp3) is 0.207. The van der Waals surface area contributed by atoms with E-state index < -0.39 is 0 Å². The molecule has 0 bridgehead atoms. The Kier molecular flexibility index (Phi) is 6.93. The van der Waals surface area contributed by atoms with Gasteiger partial charge in [-0.1, -0.05) is 36.9 Å². The first-order valence-electron chi connectivity index (χ1n) is 12.2. The van der Waals surface area contributed by atoms with Crippen molar-refractivity contribution in [2.45, 2.75) is 6.04 Å². The third-order valence-electron chi connectivity index (χ3n) is 6.69. The number of ether oxygens (including phenoxy) is 1. The van der Waals surface area contributed by atoms with Crippen molar-refractivity contribution in [1.82, 2.24) is 14.9 Å². The van der Waals surface area contributed by atoms with E-state index in [0.29, 0.717) is 34.6 Å². The highest BCUT2D eigenvalue weighted by Gasteiger charge is 2.31. The fourth-order valence-corrected chi connectivity index (χ4v) is 4.49. The lowest BCUT2D eigenvalue weighted by Crippen LogP contribution is -2.57. The van der Waals surface area contributed by atoms with E-state index >= 15 is 0 Å². The zero-order chi connectivity index (χ0) is 26.8. The fourth-order valence-electron chi connectivity index (χ4n) is 4.49. The predicted molar refractivity (Wildman–Crippen MR) is 150 cm³/mol. The third kappa shape index (κ3) is 5.01. The Labute approximate surface area is 220 Å². The summed E-state index contributed by atoms with van der Waals surface area (Å²) in [6.45, 7) is 5.24. The highest BCUT2D eigenvalue weighted by atomic mass is 19.1. The Morgan fingerprint density at radius 1 is 1.16 bits per heavy atom. The SMILES string of the molecule is C=CC(=O)Nc1cc(Nc2ncc3cccc(-c4cccc(F)c4)c3n2)c(OC)cc1N1CC(N(C)C)C1. The monoisotopic (exact) mass is 512 g/mol. The first-order chi connectivity index (χ1) is 18.4. The highest BCUT2D eigenvalue weighted by molar-refractivity contribution is 6.02. The van der Waals surface area contributed by atoms with Crippen LogP contribution in [0, 0.1) is 5.82 Å². The van der Waals surface area contributed by atoms with Gasteiger partial charge in [0.25, 0.3) is 0 Å². The normalized spacial score (nSPS) is 13.3. The van der Waals surface area contributed by atoms with Crippen LogP contribution in [0.5, 0.6) is 5.75 Å². The van der Waals surface area contributed by atoms with Gasteiger partial charge in [0.15, 0.2) is 0 Å². The summed E-state index contributed by atoms with van der Waals surface area (Å²) in [5, 5.41) is 6.98. The number of rotatable bonds is 8. The summed E-state index contributed by atoms with van der Waals surface area (Å²) in [6, 6.07) is 16.3. The number of nitrogens with one attached hydrogen (secondary N) is 2. The lowest BCUT2D eigenvalue weighted by atomic mass is 10.0. The van der Waals surface area contributed by atoms with Gasteiger partial charge in [0, 0.05) is 42.3 Å². The largest absolute Gasteiger partial charge is 0.494 e. The summed E-state index contributed by atoms with van der Waals surface area (Å²) in [4.78, 5) is 25.8. The van der Waals surface area contributed by atoms with Crippen LogP contribution in [0.2, 0.25) is 0 Å². The van der Waals surface area contributed by atoms with Crippen LogP contribution in [-0.2, 0) is 4.79 Å². The first kappa shape index (κ1) is 25.2. The molecule has 0 aliphatic carbocycles. The predicted octanol–water partition coefficient (Wildman–Crippen LogP) is 5.06. The van der Waals surface area contributed by atoms with Crippen molar-refractivity contribution >= 4 is 39.8 Å². The zero-order valence-electron chi connectivity index (χ0n) is 21.5. The standard InChI is InChI=1S/C29H29FN6O2/c1-5-27(37)32-23-13-24(26(38-4)14-25(23)36-16-21(17-36)35(2)3)33-29-31-15-19-9-7-11-22(28(19)34-29)18-8-6-10-20(30)12-18/h5-15,21H,1,16-17H2,2-4H3,(H,32,37)(H,31,33,34). The maximum atomic E-state index is 13.9. The Morgan fingerprint density at radius 2 is 1.95 bits per heavy atom. The number of anilines is 4.